The largest absolute Gasteiger partial charge is 0.474 e. The highest BCUT2D eigenvalue weighted by molar-refractivity contribution is 5.23. The summed E-state index contributed by atoms with van der Waals surface area (Å²) in [5.74, 6) is -0.175. The van der Waals surface area contributed by atoms with Crippen LogP contribution in [0.4, 0.5) is 4.39 Å². The molecule has 116 valence electrons. The lowest BCUT2D eigenvalue weighted by molar-refractivity contribution is 0.177. The summed E-state index contributed by atoms with van der Waals surface area (Å²) in [6, 6.07) is 2.29. The molecule has 0 radical (unpaired) electrons. The molecular formula is C16H24FN3O. The van der Waals surface area contributed by atoms with Crippen LogP contribution < -0.4 is 10.1 Å². The molecule has 4 nitrogen and oxygen atoms in total. The maximum Gasteiger partial charge on any atom is 0.250 e. The Morgan fingerprint density at radius 3 is 2.86 bits per heavy atom. The van der Waals surface area contributed by atoms with E-state index in [1.54, 1.807) is 12.3 Å². The lowest BCUT2D eigenvalue weighted by atomic mass is 10.1. The molecule has 0 bridgehead atoms. The van der Waals surface area contributed by atoms with Crippen molar-refractivity contribution >= 4 is 0 Å². The first-order valence-electron chi connectivity index (χ1n) is 8.05. The van der Waals surface area contributed by atoms with Crippen molar-refractivity contribution in [2.24, 2.45) is 0 Å². The predicted octanol–water partition coefficient (Wildman–Crippen LogP) is 2.34. The molecule has 1 N–H and O–H groups in total. The van der Waals surface area contributed by atoms with E-state index in [9.17, 15) is 4.39 Å². The summed E-state index contributed by atoms with van der Waals surface area (Å²) >= 11 is 0. The molecule has 1 aliphatic heterocycles. The van der Waals surface area contributed by atoms with Crippen LogP contribution in [0.2, 0.25) is 0 Å². The number of nitrogens with one attached hydrogen (secondary N) is 1. The number of hydrogen-bond donors (Lipinski definition) is 1. The maximum absolute atomic E-state index is 14.3. The van der Waals surface area contributed by atoms with Crippen molar-refractivity contribution in [3.8, 4) is 5.88 Å². The van der Waals surface area contributed by atoms with Crippen LogP contribution in [0, 0.1) is 5.82 Å². The smallest absolute Gasteiger partial charge is 0.250 e. The van der Waals surface area contributed by atoms with Crippen LogP contribution in [0.3, 0.4) is 0 Å². The first-order chi connectivity index (χ1) is 10.3. The number of aromatic nitrogens is 1. The number of piperidine rings is 1. The van der Waals surface area contributed by atoms with Crippen molar-refractivity contribution in [2.45, 2.75) is 44.7 Å². The van der Waals surface area contributed by atoms with Gasteiger partial charge in [0.2, 0.25) is 0 Å². The van der Waals surface area contributed by atoms with Crippen LogP contribution >= 0.6 is 0 Å². The second-order valence-corrected chi connectivity index (χ2v) is 6.00. The quantitative estimate of drug-likeness (QED) is 0.837. The normalized spacial score (nSPS) is 19.7. The summed E-state index contributed by atoms with van der Waals surface area (Å²) in [4.78, 5) is 6.40. The second kappa shape index (κ2) is 7.18. The van der Waals surface area contributed by atoms with Gasteiger partial charge in [-0.05, 0) is 44.8 Å². The van der Waals surface area contributed by atoms with Gasteiger partial charge in [-0.3, -0.25) is 4.90 Å². The fraction of sp³-hybridized carbons (Fsp3) is 0.688. The van der Waals surface area contributed by atoms with Crippen LogP contribution in [0.15, 0.2) is 12.3 Å². The minimum absolute atomic E-state index is 0.141. The number of pyridine rings is 1. The van der Waals surface area contributed by atoms with Crippen molar-refractivity contribution < 1.29 is 9.13 Å². The van der Waals surface area contributed by atoms with E-state index in [-0.39, 0.29) is 11.7 Å². The molecule has 0 atom stereocenters. The van der Waals surface area contributed by atoms with Crippen molar-refractivity contribution in [1.29, 1.82) is 0 Å². The average Bonchev–Trinajstić information content (AvgIpc) is 3.33. The fourth-order valence-corrected chi connectivity index (χ4v) is 2.70. The maximum atomic E-state index is 14.3. The van der Waals surface area contributed by atoms with Crippen molar-refractivity contribution in [3.05, 3.63) is 23.6 Å². The van der Waals surface area contributed by atoms with Gasteiger partial charge in [-0.15, -0.1) is 0 Å². The van der Waals surface area contributed by atoms with Crippen molar-refractivity contribution in [3.63, 3.8) is 0 Å². The minimum atomic E-state index is -0.315. The first-order valence-corrected chi connectivity index (χ1v) is 8.05. The Kier molecular flexibility index (Phi) is 5.04. The average molecular weight is 293 g/mol. The summed E-state index contributed by atoms with van der Waals surface area (Å²) in [5, 5.41) is 3.32. The third-order valence-electron chi connectivity index (χ3n) is 4.19. The number of ether oxygens (including phenoxy) is 1. The lowest BCUT2D eigenvalue weighted by Crippen LogP contribution is -2.33. The van der Waals surface area contributed by atoms with Crippen molar-refractivity contribution in [1.82, 2.24) is 15.2 Å². The van der Waals surface area contributed by atoms with E-state index in [0.29, 0.717) is 24.8 Å². The van der Waals surface area contributed by atoms with Gasteiger partial charge in [0.05, 0.1) is 0 Å². The van der Waals surface area contributed by atoms with E-state index in [1.807, 2.05) is 0 Å². The van der Waals surface area contributed by atoms with Crippen LogP contribution in [0.25, 0.3) is 0 Å². The SMILES string of the molecule is Fc1c(CNC2CC2)ccnc1OCCN1CCCCC1. The van der Waals surface area contributed by atoms with Crippen LogP contribution in [-0.4, -0.2) is 42.2 Å². The molecule has 3 rings (SSSR count). The van der Waals surface area contributed by atoms with E-state index < -0.39 is 0 Å². The topological polar surface area (TPSA) is 37.4 Å². The molecule has 2 fully saturated rings. The molecule has 2 heterocycles. The molecule has 0 spiro atoms. The Balaban J connectivity index is 1.48. The van der Waals surface area contributed by atoms with Crippen LogP contribution in [-0.2, 0) is 6.54 Å². The van der Waals surface area contributed by atoms with Crippen molar-refractivity contribution in [2.75, 3.05) is 26.2 Å². The van der Waals surface area contributed by atoms with Crippen LogP contribution in [0.5, 0.6) is 5.88 Å². The highest BCUT2D eigenvalue weighted by Crippen LogP contribution is 2.22. The Morgan fingerprint density at radius 1 is 1.29 bits per heavy atom. The van der Waals surface area contributed by atoms with Gasteiger partial charge in [-0.25, -0.2) is 9.37 Å². The Morgan fingerprint density at radius 2 is 2.10 bits per heavy atom. The molecule has 0 unspecified atom stereocenters. The molecule has 1 saturated carbocycles. The summed E-state index contributed by atoms with van der Waals surface area (Å²) in [6.07, 6.45) is 7.87. The third kappa shape index (κ3) is 4.38. The number of likely N-dealkylation sites (tertiary alicyclic amines) is 1. The van der Waals surface area contributed by atoms with E-state index in [0.717, 1.165) is 19.6 Å². The number of halogens is 1. The number of hydrogen-bond acceptors (Lipinski definition) is 4. The zero-order valence-corrected chi connectivity index (χ0v) is 12.5. The molecule has 21 heavy (non-hydrogen) atoms. The standard InChI is InChI=1S/C16H24FN3O/c17-15-13(12-19-14-4-5-14)6-7-18-16(15)21-11-10-20-8-2-1-3-9-20/h6-7,14,19H,1-5,8-12H2. The second-order valence-electron chi connectivity index (χ2n) is 6.00. The molecule has 1 aromatic heterocycles. The molecule has 0 amide bonds. The van der Waals surface area contributed by atoms with Gasteiger partial charge in [0.15, 0.2) is 5.82 Å². The fourth-order valence-electron chi connectivity index (χ4n) is 2.70. The first kappa shape index (κ1) is 14.7. The van der Waals surface area contributed by atoms with E-state index in [1.165, 1.54) is 32.1 Å². The van der Waals surface area contributed by atoms with Gasteiger partial charge in [0.1, 0.15) is 6.61 Å². The van der Waals surface area contributed by atoms with Gasteiger partial charge in [0.25, 0.3) is 5.88 Å². The highest BCUT2D eigenvalue weighted by atomic mass is 19.1. The zero-order chi connectivity index (χ0) is 14.5. The van der Waals surface area contributed by atoms with E-state index >= 15 is 0 Å². The Bertz CT molecular complexity index is 459. The molecule has 1 aliphatic carbocycles. The molecule has 2 aliphatic rings. The monoisotopic (exact) mass is 293 g/mol. The molecular weight excluding hydrogens is 269 g/mol. The number of rotatable bonds is 7. The van der Waals surface area contributed by atoms with Gasteiger partial charge >= 0.3 is 0 Å². The summed E-state index contributed by atoms with van der Waals surface area (Å²) < 4.78 is 19.8. The molecule has 1 saturated heterocycles. The zero-order valence-electron chi connectivity index (χ0n) is 12.5. The Labute approximate surface area is 125 Å². The minimum Gasteiger partial charge on any atom is -0.474 e. The lowest BCUT2D eigenvalue weighted by Gasteiger charge is -2.26. The highest BCUT2D eigenvalue weighted by Gasteiger charge is 2.21. The van der Waals surface area contributed by atoms with Gasteiger partial charge < -0.3 is 10.1 Å². The van der Waals surface area contributed by atoms with Gasteiger partial charge in [-0.1, -0.05) is 6.42 Å². The van der Waals surface area contributed by atoms with Gasteiger partial charge in [-0.2, -0.15) is 0 Å². The van der Waals surface area contributed by atoms with E-state index in [4.69, 9.17) is 4.74 Å². The molecule has 1 aromatic rings. The van der Waals surface area contributed by atoms with Crippen LogP contribution in [0.1, 0.15) is 37.7 Å². The molecule has 5 heteroatoms. The summed E-state index contributed by atoms with van der Waals surface area (Å²) in [5.41, 5.74) is 0.643. The molecule has 0 aromatic carbocycles. The van der Waals surface area contributed by atoms with E-state index in [2.05, 4.69) is 15.2 Å². The summed E-state index contributed by atoms with van der Waals surface area (Å²) in [7, 11) is 0. The number of nitrogens with zero attached hydrogens (tertiary/aromatic N) is 2. The Hall–Kier alpha value is -1.20. The van der Waals surface area contributed by atoms with Gasteiger partial charge in [0, 0.05) is 30.9 Å². The summed E-state index contributed by atoms with van der Waals surface area (Å²) in [6.45, 7) is 4.17. The third-order valence-corrected chi connectivity index (χ3v) is 4.19. The predicted molar refractivity (Wildman–Crippen MR) is 79.8 cm³/mol.